The van der Waals surface area contributed by atoms with Crippen LogP contribution in [0.25, 0.3) is 0 Å². The van der Waals surface area contributed by atoms with Gasteiger partial charge in [0, 0.05) is 12.0 Å². The van der Waals surface area contributed by atoms with Crippen molar-refractivity contribution in [1.82, 2.24) is 5.43 Å². The number of para-hydroxylation sites is 1. The molecule has 3 rings (SSSR count). The Morgan fingerprint density at radius 2 is 1.85 bits per heavy atom. The molecular weight excluding hydrogens is 248 g/mol. The SMILES string of the molecule is COc1ccccc1C1CC(c2ccc(C)cc2)=NN1. The predicted octanol–water partition coefficient (Wildman–Crippen LogP) is 3.44. The largest absolute Gasteiger partial charge is 0.496 e. The predicted molar refractivity (Wildman–Crippen MR) is 81.2 cm³/mol. The van der Waals surface area contributed by atoms with Gasteiger partial charge in [-0.15, -0.1) is 0 Å². The number of benzene rings is 2. The molecule has 2 aromatic rings. The molecule has 0 spiro atoms. The third-order valence-electron chi connectivity index (χ3n) is 3.65. The quantitative estimate of drug-likeness (QED) is 0.923. The van der Waals surface area contributed by atoms with Crippen molar-refractivity contribution in [2.24, 2.45) is 5.10 Å². The molecule has 0 amide bonds. The van der Waals surface area contributed by atoms with Crippen LogP contribution < -0.4 is 10.2 Å². The number of hydrogen-bond acceptors (Lipinski definition) is 3. The summed E-state index contributed by atoms with van der Waals surface area (Å²) < 4.78 is 5.42. The van der Waals surface area contributed by atoms with Crippen LogP contribution in [0.15, 0.2) is 53.6 Å². The zero-order valence-electron chi connectivity index (χ0n) is 11.8. The van der Waals surface area contributed by atoms with E-state index in [1.54, 1.807) is 7.11 Å². The highest BCUT2D eigenvalue weighted by Gasteiger charge is 2.23. The lowest BCUT2D eigenvalue weighted by atomic mass is 9.98. The van der Waals surface area contributed by atoms with E-state index in [9.17, 15) is 0 Å². The molecule has 1 N–H and O–H groups in total. The van der Waals surface area contributed by atoms with Crippen LogP contribution in [0.2, 0.25) is 0 Å². The summed E-state index contributed by atoms with van der Waals surface area (Å²) >= 11 is 0. The van der Waals surface area contributed by atoms with E-state index in [2.05, 4.69) is 47.8 Å². The number of hydrogen-bond donors (Lipinski definition) is 1. The van der Waals surface area contributed by atoms with Crippen LogP contribution in [0.3, 0.4) is 0 Å². The molecule has 0 saturated heterocycles. The first-order valence-corrected chi connectivity index (χ1v) is 6.80. The van der Waals surface area contributed by atoms with E-state index >= 15 is 0 Å². The van der Waals surface area contributed by atoms with Gasteiger partial charge in [0.15, 0.2) is 0 Å². The van der Waals surface area contributed by atoms with Gasteiger partial charge >= 0.3 is 0 Å². The third kappa shape index (κ3) is 2.39. The molecule has 1 aliphatic heterocycles. The van der Waals surface area contributed by atoms with Gasteiger partial charge in [0.1, 0.15) is 5.75 Å². The van der Waals surface area contributed by atoms with Gasteiger partial charge in [-0.05, 0) is 18.6 Å². The fourth-order valence-electron chi connectivity index (χ4n) is 2.50. The lowest BCUT2D eigenvalue weighted by Gasteiger charge is -2.14. The Labute approximate surface area is 119 Å². The average Bonchev–Trinajstić information content (AvgIpc) is 2.97. The fraction of sp³-hybridized carbons (Fsp3) is 0.235. The van der Waals surface area contributed by atoms with E-state index in [1.165, 1.54) is 11.1 Å². The van der Waals surface area contributed by atoms with Crippen molar-refractivity contribution in [2.75, 3.05) is 7.11 Å². The minimum Gasteiger partial charge on any atom is -0.496 e. The third-order valence-corrected chi connectivity index (χ3v) is 3.65. The highest BCUT2D eigenvalue weighted by atomic mass is 16.5. The molecule has 3 nitrogen and oxygen atoms in total. The Bertz CT molecular complexity index is 632. The summed E-state index contributed by atoms with van der Waals surface area (Å²) in [6.07, 6.45) is 0.878. The van der Waals surface area contributed by atoms with E-state index in [0.717, 1.165) is 23.4 Å². The molecule has 0 radical (unpaired) electrons. The highest BCUT2D eigenvalue weighted by molar-refractivity contribution is 6.01. The van der Waals surface area contributed by atoms with Gasteiger partial charge in [0.2, 0.25) is 0 Å². The normalized spacial score (nSPS) is 17.5. The molecular formula is C17H18N2O. The highest BCUT2D eigenvalue weighted by Crippen LogP contribution is 2.30. The number of rotatable bonds is 3. The van der Waals surface area contributed by atoms with Crippen molar-refractivity contribution in [3.8, 4) is 5.75 Å². The summed E-state index contributed by atoms with van der Waals surface area (Å²) in [4.78, 5) is 0. The second kappa shape index (κ2) is 5.37. The van der Waals surface area contributed by atoms with Crippen molar-refractivity contribution >= 4 is 5.71 Å². The summed E-state index contributed by atoms with van der Waals surface area (Å²) in [6, 6.07) is 16.8. The Morgan fingerprint density at radius 1 is 1.10 bits per heavy atom. The van der Waals surface area contributed by atoms with Crippen LogP contribution in [0.5, 0.6) is 5.75 Å². The minimum atomic E-state index is 0.183. The number of hydrazone groups is 1. The van der Waals surface area contributed by atoms with Crippen LogP contribution in [0.1, 0.15) is 29.2 Å². The maximum absolute atomic E-state index is 5.42. The van der Waals surface area contributed by atoms with Gasteiger partial charge in [0.05, 0.1) is 18.9 Å². The molecule has 0 saturated carbocycles. The van der Waals surface area contributed by atoms with E-state index in [1.807, 2.05) is 18.2 Å². The zero-order valence-corrected chi connectivity index (χ0v) is 11.8. The lowest BCUT2D eigenvalue weighted by molar-refractivity contribution is 0.402. The van der Waals surface area contributed by atoms with Crippen molar-refractivity contribution in [2.45, 2.75) is 19.4 Å². The number of ether oxygens (including phenoxy) is 1. The Kier molecular flexibility index (Phi) is 3.42. The van der Waals surface area contributed by atoms with Gasteiger partial charge in [-0.3, -0.25) is 0 Å². The summed E-state index contributed by atoms with van der Waals surface area (Å²) in [5.41, 5.74) is 7.92. The minimum absolute atomic E-state index is 0.183. The van der Waals surface area contributed by atoms with Gasteiger partial charge in [0.25, 0.3) is 0 Å². The van der Waals surface area contributed by atoms with Crippen LogP contribution >= 0.6 is 0 Å². The van der Waals surface area contributed by atoms with Crippen molar-refractivity contribution < 1.29 is 4.74 Å². The average molecular weight is 266 g/mol. The van der Waals surface area contributed by atoms with Crippen molar-refractivity contribution in [1.29, 1.82) is 0 Å². The molecule has 1 aliphatic rings. The van der Waals surface area contributed by atoms with Crippen LogP contribution in [-0.2, 0) is 0 Å². The van der Waals surface area contributed by atoms with Crippen LogP contribution in [-0.4, -0.2) is 12.8 Å². The monoisotopic (exact) mass is 266 g/mol. The first-order chi connectivity index (χ1) is 9.78. The first kappa shape index (κ1) is 12.7. The molecule has 1 unspecified atom stereocenters. The van der Waals surface area contributed by atoms with Crippen molar-refractivity contribution in [3.63, 3.8) is 0 Å². The van der Waals surface area contributed by atoms with Gasteiger partial charge < -0.3 is 10.2 Å². The van der Waals surface area contributed by atoms with Gasteiger partial charge in [-0.2, -0.15) is 5.10 Å². The van der Waals surface area contributed by atoms with Crippen molar-refractivity contribution in [3.05, 3.63) is 65.2 Å². The topological polar surface area (TPSA) is 33.6 Å². The molecule has 1 atom stereocenters. The first-order valence-electron chi connectivity index (χ1n) is 6.80. The molecule has 0 aromatic heterocycles. The molecule has 0 bridgehead atoms. The molecule has 2 aromatic carbocycles. The molecule has 20 heavy (non-hydrogen) atoms. The summed E-state index contributed by atoms with van der Waals surface area (Å²) in [6.45, 7) is 2.09. The maximum atomic E-state index is 5.42. The molecule has 0 aliphatic carbocycles. The van der Waals surface area contributed by atoms with Crippen LogP contribution in [0, 0.1) is 6.92 Å². The summed E-state index contributed by atoms with van der Waals surface area (Å²) in [5.74, 6) is 0.908. The molecule has 1 heterocycles. The maximum Gasteiger partial charge on any atom is 0.124 e. The second-order valence-electron chi connectivity index (χ2n) is 5.05. The number of nitrogens with one attached hydrogen (secondary N) is 1. The standard InChI is InChI=1S/C17H18N2O/c1-12-7-9-13(10-8-12)15-11-16(19-18-15)14-5-3-4-6-17(14)20-2/h3-10,16,19H,11H2,1-2H3. The van der Waals surface area contributed by atoms with Crippen LogP contribution in [0.4, 0.5) is 0 Å². The van der Waals surface area contributed by atoms with E-state index in [4.69, 9.17) is 4.74 Å². The number of nitrogens with zero attached hydrogens (tertiary/aromatic N) is 1. The Morgan fingerprint density at radius 3 is 2.60 bits per heavy atom. The Hall–Kier alpha value is -2.29. The van der Waals surface area contributed by atoms with E-state index in [0.29, 0.717) is 0 Å². The van der Waals surface area contributed by atoms with Gasteiger partial charge in [-0.1, -0.05) is 48.0 Å². The molecule has 102 valence electrons. The summed E-state index contributed by atoms with van der Waals surface area (Å²) in [5, 5.41) is 4.48. The van der Waals surface area contributed by atoms with E-state index in [-0.39, 0.29) is 6.04 Å². The van der Waals surface area contributed by atoms with E-state index < -0.39 is 0 Å². The van der Waals surface area contributed by atoms with Gasteiger partial charge in [-0.25, -0.2) is 0 Å². The Balaban J connectivity index is 1.80. The fourth-order valence-corrected chi connectivity index (χ4v) is 2.50. The molecule has 0 fully saturated rings. The number of aryl methyl sites for hydroxylation is 1. The molecule has 3 heteroatoms. The number of methoxy groups -OCH3 is 1. The lowest BCUT2D eigenvalue weighted by Crippen LogP contribution is -2.11. The smallest absolute Gasteiger partial charge is 0.124 e. The second-order valence-corrected chi connectivity index (χ2v) is 5.05. The summed E-state index contributed by atoms with van der Waals surface area (Å²) in [7, 11) is 1.70. The zero-order chi connectivity index (χ0) is 13.9.